The van der Waals surface area contributed by atoms with E-state index in [-0.39, 0.29) is 5.91 Å². The molecular formula is C7H13N3O2. The number of nitrogens with zero attached hydrogens (tertiary/aromatic N) is 1. The second-order valence-corrected chi connectivity index (χ2v) is 2.77. The lowest BCUT2D eigenvalue weighted by Crippen LogP contribution is -2.45. The number of nitrogens with one attached hydrogen (secondary N) is 1. The van der Waals surface area contributed by atoms with Crippen LogP contribution in [0.2, 0.25) is 0 Å². The second-order valence-electron chi connectivity index (χ2n) is 2.77. The van der Waals surface area contributed by atoms with Gasteiger partial charge in [-0.2, -0.15) is 0 Å². The Morgan fingerprint density at radius 2 is 2.50 bits per heavy atom. The first-order valence-corrected chi connectivity index (χ1v) is 3.96. The van der Waals surface area contributed by atoms with E-state index in [0.717, 1.165) is 0 Å². The van der Waals surface area contributed by atoms with Gasteiger partial charge in [0, 0.05) is 0 Å². The molecule has 0 aromatic carbocycles. The highest BCUT2D eigenvalue weighted by molar-refractivity contribution is 5.88. The van der Waals surface area contributed by atoms with E-state index in [1.165, 1.54) is 4.90 Å². The summed E-state index contributed by atoms with van der Waals surface area (Å²) in [5.74, 6) is -0.491. The van der Waals surface area contributed by atoms with Crippen molar-refractivity contribution in [1.82, 2.24) is 10.2 Å². The molecule has 0 aromatic rings. The minimum absolute atomic E-state index is 0.0550. The van der Waals surface area contributed by atoms with Crippen LogP contribution in [0.1, 0.15) is 13.3 Å². The standard InChI is InChI=1S/C7H13N3O2/c1-2-5(7(8)12)10-4-9-3-6(10)11/h5,9H,2-4H2,1H3,(H2,8,12)/t5-/m0/s1. The highest BCUT2D eigenvalue weighted by Crippen LogP contribution is 2.06. The van der Waals surface area contributed by atoms with Gasteiger partial charge in [-0.05, 0) is 6.42 Å². The number of rotatable bonds is 3. The summed E-state index contributed by atoms with van der Waals surface area (Å²) in [6.45, 7) is 2.57. The van der Waals surface area contributed by atoms with Crippen molar-refractivity contribution in [3.05, 3.63) is 0 Å². The fraction of sp³-hybridized carbons (Fsp3) is 0.714. The van der Waals surface area contributed by atoms with Gasteiger partial charge < -0.3 is 10.6 Å². The van der Waals surface area contributed by atoms with Crippen LogP contribution in [0.15, 0.2) is 0 Å². The molecule has 3 N–H and O–H groups in total. The molecule has 1 fully saturated rings. The van der Waals surface area contributed by atoms with E-state index >= 15 is 0 Å². The molecule has 0 bridgehead atoms. The molecule has 0 saturated carbocycles. The molecule has 1 saturated heterocycles. The first kappa shape index (κ1) is 8.99. The van der Waals surface area contributed by atoms with Crippen molar-refractivity contribution in [2.24, 2.45) is 5.73 Å². The van der Waals surface area contributed by atoms with Gasteiger partial charge in [0.2, 0.25) is 11.8 Å². The van der Waals surface area contributed by atoms with Crippen molar-refractivity contribution < 1.29 is 9.59 Å². The Labute approximate surface area is 70.9 Å². The number of amides is 2. The summed E-state index contributed by atoms with van der Waals surface area (Å²) in [6, 6.07) is -0.451. The number of hydrogen-bond acceptors (Lipinski definition) is 3. The van der Waals surface area contributed by atoms with Gasteiger partial charge in [0.05, 0.1) is 13.2 Å². The van der Waals surface area contributed by atoms with E-state index in [1.807, 2.05) is 6.92 Å². The number of hydrogen-bond donors (Lipinski definition) is 2. The summed E-state index contributed by atoms with van der Waals surface area (Å²) in [4.78, 5) is 23.5. The normalized spacial score (nSPS) is 19.8. The van der Waals surface area contributed by atoms with Crippen LogP contribution >= 0.6 is 0 Å². The summed E-state index contributed by atoms with van der Waals surface area (Å²) in [5, 5.41) is 2.86. The lowest BCUT2D eigenvalue weighted by Gasteiger charge is -2.22. The van der Waals surface area contributed by atoms with E-state index in [4.69, 9.17) is 5.73 Å². The Morgan fingerprint density at radius 3 is 2.83 bits per heavy atom. The first-order valence-electron chi connectivity index (χ1n) is 3.96. The Bertz CT molecular complexity index is 205. The molecule has 1 rings (SSSR count). The molecule has 5 heteroatoms. The number of nitrogens with two attached hydrogens (primary N) is 1. The van der Waals surface area contributed by atoms with Crippen LogP contribution in [0, 0.1) is 0 Å². The molecule has 1 heterocycles. The van der Waals surface area contributed by atoms with Crippen LogP contribution in [-0.4, -0.2) is 36.0 Å². The number of carbonyl (C=O) groups excluding carboxylic acids is 2. The zero-order valence-electron chi connectivity index (χ0n) is 7.04. The molecule has 1 atom stereocenters. The SMILES string of the molecule is CC[C@@H](C(N)=O)N1CNCC1=O. The summed E-state index contributed by atoms with van der Waals surface area (Å²) < 4.78 is 0. The Hall–Kier alpha value is -1.10. The Kier molecular flexibility index (Phi) is 2.65. The van der Waals surface area contributed by atoms with Gasteiger partial charge in [-0.1, -0.05) is 6.92 Å². The van der Waals surface area contributed by atoms with Gasteiger partial charge in [0.1, 0.15) is 6.04 Å². The molecule has 1 aliphatic heterocycles. The van der Waals surface area contributed by atoms with E-state index in [9.17, 15) is 9.59 Å². The maximum Gasteiger partial charge on any atom is 0.240 e. The van der Waals surface area contributed by atoms with Crippen molar-refractivity contribution in [1.29, 1.82) is 0 Å². The van der Waals surface area contributed by atoms with Crippen LogP contribution in [0.4, 0.5) is 0 Å². The molecule has 5 nitrogen and oxygen atoms in total. The quantitative estimate of drug-likeness (QED) is 0.550. The van der Waals surface area contributed by atoms with Crippen molar-refractivity contribution in [2.45, 2.75) is 19.4 Å². The van der Waals surface area contributed by atoms with Gasteiger partial charge in [-0.3, -0.25) is 14.9 Å². The predicted molar refractivity (Wildman–Crippen MR) is 43.0 cm³/mol. The van der Waals surface area contributed by atoms with Gasteiger partial charge >= 0.3 is 0 Å². The Morgan fingerprint density at radius 1 is 1.83 bits per heavy atom. The number of primary amides is 1. The fourth-order valence-electron chi connectivity index (χ4n) is 1.33. The first-order chi connectivity index (χ1) is 5.66. The third-order valence-corrected chi connectivity index (χ3v) is 1.97. The van der Waals surface area contributed by atoms with Crippen molar-refractivity contribution in [2.75, 3.05) is 13.2 Å². The topological polar surface area (TPSA) is 75.4 Å². The maximum absolute atomic E-state index is 11.1. The van der Waals surface area contributed by atoms with Crippen molar-refractivity contribution in [3.8, 4) is 0 Å². The molecule has 0 aliphatic carbocycles. The monoisotopic (exact) mass is 171 g/mol. The van der Waals surface area contributed by atoms with Crippen molar-refractivity contribution >= 4 is 11.8 Å². The van der Waals surface area contributed by atoms with Crippen LogP contribution < -0.4 is 11.1 Å². The summed E-state index contributed by atoms with van der Waals surface area (Å²) in [7, 11) is 0. The van der Waals surface area contributed by atoms with Gasteiger partial charge in [-0.25, -0.2) is 0 Å². The lowest BCUT2D eigenvalue weighted by atomic mass is 10.2. The lowest BCUT2D eigenvalue weighted by molar-refractivity contribution is -0.135. The van der Waals surface area contributed by atoms with Gasteiger partial charge in [-0.15, -0.1) is 0 Å². The van der Waals surface area contributed by atoms with E-state index in [0.29, 0.717) is 19.6 Å². The van der Waals surface area contributed by atoms with Gasteiger partial charge in [0.25, 0.3) is 0 Å². The molecule has 68 valence electrons. The van der Waals surface area contributed by atoms with Crippen molar-refractivity contribution in [3.63, 3.8) is 0 Å². The molecule has 0 radical (unpaired) electrons. The third kappa shape index (κ3) is 1.55. The number of carbonyl (C=O) groups is 2. The summed E-state index contributed by atoms with van der Waals surface area (Å²) in [5.41, 5.74) is 5.13. The molecule has 12 heavy (non-hydrogen) atoms. The van der Waals surface area contributed by atoms with E-state index in [1.54, 1.807) is 0 Å². The van der Waals surface area contributed by atoms with Gasteiger partial charge in [0.15, 0.2) is 0 Å². The second kappa shape index (κ2) is 3.53. The highest BCUT2D eigenvalue weighted by Gasteiger charge is 2.29. The minimum Gasteiger partial charge on any atom is -0.368 e. The van der Waals surface area contributed by atoms with E-state index < -0.39 is 11.9 Å². The summed E-state index contributed by atoms with van der Waals surface area (Å²) >= 11 is 0. The molecule has 0 spiro atoms. The maximum atomic E-state index is 11.1. The van der Waals surface area contributed by atoms with Crippen LogP contribution in [0.5, 0.6) is 0 Å². The summed E-state index contributed by atoms with van der Waals surface area (Å²) in [6.07, 6.45) is 0.572. The highest BCUT2D eigenvalue weighted by atomic mass is 16.2. The van der Waals surface area contributed by atoms with Crippen LogP contribution in [-0.2, 0) is 9.59 Å². The average Bonchev–Trinajstić information content (AvgIpc) is 2.38. The third-order valence-electron chi connectivity index (χ3n) is 1.97. The fourth-order valence-corrected chi connectivity index (χ4v) is 1.33. The predicted octanol–water partition coefficient (Wildman–Crippen LogP) is -1.36. The van der Waals surface area contributed by atoms with Crippen LogP contribution in [0.3, 0.4) is 0 Å². The van der Waals surface area contributed by atoms with E-state index in [2.05, 4.69) is 5.32 Å². The smallest absolute Gasteiger partial charge is 0.240 e. The molecule has 0 unspecified atom stereocenters. The minimum atomic E-state index is -0.451. The largest absolute Gasteiger partial charge is 0.368 e. The van der Waals surface area contributed by atoms with Crippen LogP contribution in [0.25, 0.3) is 0 Å². The average molecular weight is 171 g/mol. The molecule has 1 aliphatic rings. The molecule has 0 aromatic heterocycles. The zero-order valence-corrected chi connectivity index (χ0v) is 7.04. The zero-order chi connectivity index (χ0) is 9.14. The Balaban J connectivity index is 2.65. The molecule has 2 amide bonds. The molecular weight excluding hydrogens is 158 g/mol.